The first-order valence-corrected chi connectivity index (χ1v) is 9.60. The molecule has 0 N–H and O–H groups in total. The minimum absolute atomic E-state index is 0.0132. The average Bonchev–Trinajstić information content (AvgIpc) is 3.26. The van der Waals surface area contributed by atoms with Gasteiger partial charge in [0.25, 0.3) is 11.7 Å². The SMILES string of the molecule is CCc1cc(N2CCN(C(=O)c3ccc(OC)c(OC)c3)CC2)nc2nncn12. The fraction of sp³-hybridized carbons (Fsp3) is 0.400. The Bertz CT molecular complexity index is 1030. The fourth-order valence-corrected chi connectivity index (χ4v) is 3.59. The van der Waals surface area contributed by atoms with Gasteiger partial charge in [0.1, 0.15) is 12.1 Å². The van der Waals surface area contributed by atoms with E-state index in [0.29, 0.717) is 49.0 Å². The van der Waals surface area contributed by atoms with Gasteiger partial charge >= 0.3 is 0 Å². The zero-order valence-corrected chi connectivity index (χ0v) is 16.8. The highest BCUT2D eigenvalue weighted by molar-refractivity contribution is 5.95. The van der Waals surface area contributed by atoms with Crippen molar-refractivity contribution < 1.29 is 14.3 Å². The van der Waals surface area contributed by atoms with Crippen LogP contribution in [0.2, 0.25) is 0 Å². The van der Waals surface area contributed by atoms with Crippen LogP contribution in [0.25, 0.3) is 5.78 Å². The minimum Gasteiger partial charge on any atom is -0.493 e. The third kappa shape index (κ3) is 3.55. The molecule has 29 heavy (non-hydrogen) atoms. The van der Waals surface area contributed by atoms with E-state index in [9.17, 15) is 4.79 Å². The van der Waals surface area contributed by atoms with Crippen LogP contribution in [-0.2, 0) is 6.42 Å². The highest BCUT2D eigenvalue weighted by Crippen LogP contribution is 2.28. The van der Waals surface area contributed by atoms with Gasteiger partial charge in [-0.3, -0.25) is 9.20 Å². The quantitative estimate of drug-likeness (QED) is 0.648. The van der Waals surface area contributed by atoms with E-state index >= 15 is 0 Å². The first-order chi connectivity index (χ1) is 14.1. The molecule has 3 heterocycles. The first kappa shape index (κ1) is 19.0. The number of amides is 1. The number of carbonyl (C=O) groups excluding carboxylic acids is 1. The van der Waals surface area contributed by atoms with E-state index in [-0.39, 0.29) is 5.91 Å². The largest absolute Gasteiger partial charge is 0.493 e. The molecule has 9 heteroatoms. The summed E-state index contributed by atoms with van der Waals surface area (Å²) in [7, 11) is 3.14. The molecule has 1 aliphatic heterocycles. The molecule has 2 aromatic heterocycles. The number of ether oxygens (including phenoxy) is 2. The topological polar surface area (TPSA) is 85.1 Å². The second-order valence-corrected chi connectivity index (χ2v) is 6.81. The number of hydrogen-bond donors (Lipinski definition) is 0. The van der Waals surface area contributed by atoms with Gasteiger partial charge in [0.15, 0.2) is 11.5 Å². The lowest BCUT2D eigenvalue weighted by molar-refractivity contribution is 0.0746. The number of hydrogen-bond acceptors (Lipinski definition) is 7. The maximum Gasteiger partial charge on any atom is 0.256 e. The number of piperazine rings is 1. The Morgan fingerprint density at radius 1 is 1.07 bits per heavy atom. The molecule has 1 aromatic carbocycles. The van der Waals surface area contributed by atoms with Crippen LogP contribution in [0.1, 0.15) is 23.0 Å². The summed E-state index contributed by atoms with van der Waals surface area (Å²) in [6.45, 7) is 4.75. The van der Waals surface area contributed by atoms with Crippen molar-refractivity contribution in [2.24, 2.45) is 0 Å². The van der Waals surface area contributed by atoms with Gasteiger partial charge < -0.3 is 19.3 Å². The maximum absolute atomic E-state index is 12.9. The van der Waals surface area contributed by atoms with Crippen LogP contribution in [0.4, 0.5) is 5.82 Å². The van der Waals surface area contributed by atoms with Crippen LogP contribution in [0.3, 0.4) is 0 Å². The Morgan fingerprint density at radius 2 is 1.83 bits per heavy atom. The zero-order chi connectivity index (χ0) is 20.4. The van der Waals surface area contributed by atoms with Crippen molar-refractivity contribution in [3.05, 3.63) is 41.9 Å². The molecule has 0 bridgehead atoms. The number of carbonyl (C=O) groups is 1. The lowest BCUT2D eigenvalue weighted by Crippen LogP contribution is -2.49. The number of nitrogens with zero attached hydrogens (tertiary/aromatic N) is 6. The van der Waals surface area contributed by atoms with E-state index in [1.165, 1.54) is 0 Å². The number of aryl methyl sites for hydroxylation is 1. The summed E-state index contributed by atoms with van der Waals surface area (Å²) in [4.78, 5) is 21.6. The molecule has 0 radical (unpaired) electrons. The van der Waals surface area contributed by atoms with Crippen LogP contribution >= 0.6 is 0 Å². The van der Waals surface area contributed by atoms with Crippen molar-refractivity contribution in [1.82, 2.24) is 24.5 Å². The van der Waals surface area contributed by atoms with Crippen molar-refractivity contribution in [3.63, 3.8) is 0 Å². The van der Waals surface area contributed by atoms with Gasteiger partial charge in [-0.05, 0) is 24.6 Å². The highest BCUT2D eigenvalue weighted by Gasteiger charge is 2.24. The van der Waals surface area contributed by atoms with Gasteiger partial charge in [-0.25, -0.2) is 0 Å². The van der Waals surface area contributed by atoms with E-state index in [4.69, 9.17) is 9.47 Å². The standard InChI is InChI=1S/C20H24N6O3/c1-4-15-12-18(22-20-23-21-13-26(15)20)24-7-9-25(10-8-24)19(27)14-5-6-16(28-2)17(11-14)29-3/h5-6,11-13H,4,7-10H2,1-3H3. The Hall–Kier alpha value is -3.36. The number of aromatic nitrogens is 4. The normalized spacial score (nSPS) is 14.3. The molecule has 0 spiro atoms. The summed E-state index contributed by atoms with van der Waals surface area (Å²) in [6, 6.07) is 7.32. The molecule has 1 aliphatic rings. The molecule has 1 saturated heterocycles. The van der Waals surface area contributed by atoms with Crippen LogP contribution in [0, 0.1) is 0 Å². The van der Waals surface area contributed by atoms with Gasteiger partial charge in [-0.2, -0.15) is 4.98 Å². The third-order valence-corrected chi connectivity index (χ3v) is 5.23. The second kappa shape index (κ2) is 7.94. The van der Waals surface area contributed by atoms with Crippen LogP contribution in [0.5, 0.6) is 11.5 Å². The van der Waals surface area contributed by atoms with Crippen LogP contribution in [-0.4, -0.2) is 70.8 Å². The summed E-state index contributed by atoms with van der Waals surface area (Å²) < 4.78 is 12.5. The van der Waals surface area contributed by atoms with Gasteiger partial charge in [0, 0.05) is 43.5 Å². The Balaban J connectivity index is 1.47. The summed E-state index contributed by atoms with van der Waals surface area (Å²) in [5, 5.41) is 8.04. The molecule has 0 unspecified atom stereocenters. The number of anilines is 1. The van der Waals surface area contributed by atoms with E-state index in [1.54, 1.807) is 38.7 Å². The molecule has 0 saturated carbocycles. The van der Waals surface area contributed by atoms with Crippen molar-refractivity contribution in [3.8, 4) is 11.5 Å². The molecular weight excluding hydrogens is 372 g/mol. The Morgan fingerprint density at radius 3 is 2.52 bits per heavy atom. The zero-order valence-electron chi connectivity index (χ0n) is 16.8. The number of fused-ring (bicyclic) bond motifs is 1. The Kier molecular flexibility index (Phi) is 5.20. The smallest absolute Gasteiger partial charge is 0.256 e. The number of benzene rings is 1. The van der Waals surface area contributed by atoms with Crippen molar-refractivity contribution in [2.75, 3.05) is 45.3 Å². The summed E-state index contributed by atoms with van der Waals surface area (Å²) >= 11 is 0. The lowest BCUT2D eigenvalue weighted by atomic mass is 10.1. The molecule has 152 valence electrons. The Labute approximate surface area is 168 Å². The summed E-state index contributed by atoms with van der Waals surface area (Å²) in [5.74, 6) is 2.62. The van der Waals surface area contributed by atoms with Crippen LogP contribution in [0.15, 0.2) is 30.6 Å². The highest BCUT2D eigenvalue weighted by atomic mass is 16.5. The number of rotatable bonds is 5. The predicted octanol–water partition coefficient (Wildman–Crippen LogP) is 1.67. The van der Waals surface area contributed by atoms with E-state index in [2.05, 4.69) is 33.1 Å². The van der Waals surface area contributed by atoms with Gasteiger partial charge in [-0.15, -0.1) is 10.2 Å². The van der Waals surface area contributed by atoms with Crippen molar-refractivity contribution in [1.29, 1.82) is 0 Å². The third-order valence-electron chi connectivity index (χ3n) is 5.23. The predicted molar refractivity (Wildman–Crippen MR) is 108 cm³/mol. The average molecular weight is 396 g/mol. The van der Waals surface area contributed by atoms with Gasteiger partial charge in [-0.1, -0.05) is 6.92 Å². The molecule has 0 aliphatic carbocycles. The van der Waals surface area contributed by atoms with Gasteiger partial charge in [0.2, 0.25) is 0 Å². The molecule has 1 fully saturated rings. The second-order valence-electron chi connectivity index (χ2n) is 6.81. The van der Waals surface area contributed by atoms with Gasteiger partial charge in [0.05, 0.1) is 14.2 Å². The lowest BCUT2D eigenvalue weighted by Gasteiger charge is -2.35. The molecule has 3 aromatic rings. The molecule has 0 atom stereocenters. The van der Waals surface area contributed by atoms with E-state index in [0.717, 1.165) is 17.9 Å². The fourth-order valence-electron chi connectivity index (χ4n) is 3.59. The molecular formula is C20H24N6O3. The van der Waals surface area contributed by atoms with E-state index < -0.39 is 0 Å². The van der Waals surface area contributed by atoms with Crippen molar-refractivity contribution in [2.45, 2.75) is 13.3 Å². The van der Waals surface area contributed by atoms with E-state index in [1.807, 2.05) is 9.30 Å². The molecule has 1 amide bonds. The summed E-state index contributed by atoms with van der Waals surface area (Å²) in [5.41, 5.74) is 1.70. The monoisotopic (exact) mass is 396 g/mol. The van der Waals surface area contributed by atoms with Crippen LogP contribution < -0.4 is 14.4 Å². The maximum atomic E-state index is 12.9. The summed E-state index contributed by atoms with van der Waals surface area (Å²) in [6.07, 6.45) is 2.55. The first-order valence-electron chi connectivity index (χ1n) is 9.60. The number of methoxy groups -OCH3 is 2. The molecule has 9 nitrogen and oxygen atoms in total. The minimum atomic E-state index is -0.0132. The van der Waals surface area contributed by atoms with Crippen molar-refractivity contribution >= 4 is 17.5 Å². The molecule has 4 rings (SSSR count).